The minimum Gasteiger partial charge on any atom is -0.397 e. The second-order valence-corrected chi connectivity index (χ2v) is 3.55. The molecule has 0 aromatic heterocycles. The van der Waals surface area contributed by atoms with E-state index in [0.29, 0.717) is 0 Å². The molecule has 0 aliphatic heterocycles. The zero-order valence-electron chi connectivity index (χ0n) is 8.04. The van der Waals surface area contributed by atoms with E-state index in [0.717, 1.165) is 12.1 Å². The summed E-state index contributed by atoms with van der Waals surface area (Å²) in [6, 6.07) is 2.11. The van der Waals surface area contributed by atoms with Crippen molar-refractivity contribution in [2.24, 2.45) is 0 Å². The van der Waals surface area contributed by atoms with E-state index in [1.54, 1.807) is 0 Å². The lowest BCUT2D eigenvalue weighted by Crippen LogP contribution is -2.15. The van der Waals surface area contributed by atoms with Crippen molar-refractivity contribution >= 4 is 23.0 Å². The largest absolute Gasteiger partial charge is 0.397 e. The SMILES string of the molecule is Nc1cc(F)c(Cl)cc1NCCC(F)(F)F. The van der Waals surface area contributed by atoms with Gasteiger partial charge in [0.2, 0.25) is 0 Å². The fourth-order valence-electron chi connectivity index (χ4n) is 1.05. The molecule has 1 rings (SSSR count). The number of nitrogen functional groups attached to an aromatic ring is 1. The molecule has 0 saturated carbocycles. The van der Waals surface area contributed by atoms with Gasteiger partial charge in [0.15, 0.2) is 0 Å². The zero-order chi connectivity index (χ0) is 12.3. The maximum atomic E-state index is 12.9. The van der Waals surface area contributed by atoms with Crippen LogP contribution in [-0.2, 0) is 0 Å². The van der Waals surface area contributed by atoms with Crippen LogP contribution < -0.4 is 11.1 Å². The highest BCUT2D eigenvalue weighted by atomic mass is 35.5. The lowest BCUT2D eigenvalue weighted by molar-refractivity contribution is -0.131. The van der Waals surface area contributed by atoms with Crippen LogP contribution in [0.4, 0.5) is 28.9 Å². The van der Waals surface area contributed by atoms with Crippen LogP contribution in [0.25, 0.3) is 0 Å². The molecule has 0 saturated heterocycles. The average molecular weight is 257 g/mol. The molecule has 2 nitrogen and oxygen atoms in total. The standard InChI is InChI=1S/C9H9ClF4N2/c10-5-3-8(7(15)4-6(5)11)16-2-1-9(12,13)14/h3-4,16H,1-2,15H2. The Bertz CT molecular complexity index is 379. The van der Waals surface area contributed by atoms with E-state index in [9.17, 15) is 17.6 Å². The van der Waals surface area contributed by atoms with Crippen molar-refractivity contribution in [3.8, 4) is 0 Å². The zero-order valence-corrected chi connectivity index (χ0v) is 8.79. The molecule has 0 fully saturated rings. The Balaban J connectivity index is 2.64. The van der Waals surface area contributed by atoms with E-state index in [-0.39, 0.29) is 22.9 Å². The first-order valence-electron chi connectivity index (χ1n) is 4.35. The summed E-state index contributed by atoms with van der Waals surface area (Å²) < 4.78 is 48.4. The van der Waals surface area contributed by atoms with Gasteiger partial charge in [-0.1, -0.05) is 11.6 Å². The van der Waals surface area contributed by atoms with Crippen LogP contribution in [0, 0.1) is 5.82 Å². The number of hydrogen-bond donors (Lipinski definition) is 2. The number of halogens is 5. The molecule has 0 atom stereocenters. The molecule has 90 valence electrons. The Labute approximate surface area is 94.4 Å². The molecule has 0 heterocycles. The minimum absolute atomic E-state index is 0.0177. The molecule has 0 unspecified atom stereocenters. The minimum atomic E-state index is -4.24. The molecule has 0 radical (unpaired) electrons. The highest BCUT2D eigenvalue weighted by Gasteiger charge is 2.26. The molecule has 0 amide bonds. The van der Waals surface area contributed by atoms with Gasteiger partial charge in [0.1, 0.15) is 5.82 Å². The monoisotopic (exact) mass is 256 g/mol. The van der Waals surface area contributed by atoms with Gasteiger partial charge in [0.25, 0.3) is 0 Å². The Morgan fingerprint density at radius 3 is 2.50 bits per heavy atom. The lowest BCUT2D eigenvalue weighted by Gasteiger charge is -2.11. The normalized spacial score (nSPS) is 11.6. The van der Waals surface area contributed by atoms with Crippen molar-refractivity contribution in [3.05, 3.63) is 23.0 Å². The summed E-state index contributed by atoms with van der Waals surface area (Å²) in [7, 11) is 0. The van der Waals surface area contributed by atoms with E-state index < -0.39 is 18.4 Å². The van der Waals surface area contributed by atoms with E-state index in [2.05, 4.69) is 5.32 Å². The van der Waals surface area contributed by atoms with Crippen LogP contribution in [0.3, 0.4) is 0 Å². The van der Waals surface area contributed by atoms with Crippen LogP contribution in [0.1, 0.15) is 6.42 Å². The quantitative estimate of drug-likeness (QED) is 0.642. The summed E-state index contributed by atoms with van der Waals surface area (Å²) in [5, 5.41) is 2.25. The molecular formula is C9H9ClF4N2. The first-order chi connectivity index (χ1) is 7.29. The van der Waals surface area contributed by atoms with Crippen molar-refractivity contribution < 1.29 is 17.6 Å². The van der Waals surface area contributed by atoms with E-state index in [4.69, 9.17) is 17.3 Å². The summed E-state index contributed by atoms with van der Waals surface area (Å²) in [6.07, 6.45) is -5.24. The summed E-state index contributed by atoms with van der Waals surface area (Å²) in [5.41, 5.74) is 5.61. The Kier molecular flexibility index (Phi) is 3.85. The molecule has 3 N–H and O–H groups in total. The van der Waals surface area contributed by atoms with E-state index >= 15 is 0 Å². The number of nitrogens with two attached hydrogens (primary N) is 1. The molecule has 1 aromatic rings. The summed E-state index contributed by atoms with van der Waals surface area (Å²) in [4.78, 5) is 0. The Morgan fingerprint density at radius 1 is 1.31 bits per heavy atom. The van der Waals surface area contributed by atoms with E-state index in [1.165, 1.54) is 0 Å². The average Bonchev–Trinajstić information content (AvgIpc) is 2.11. The molecule has 0 aliphatic carbocycles. The predicted octanol–water partition coefficient (Wildman–Crippen LogP) is 3.43. The maximum Gasteiger partial charge on any atom is 0.390 e. The van der Waals surface area contributed by atoms with E-state index in [1.807, 2.05) is 0 Å². The Morgan fingerprint density at radius 2 is 1.94 bits per heavy atom. The number of rotatable bonds is 3. The number of anilines is 2. The van der Waals surface area contributed by atoms with Gasteiger partial charge in [-0.3, -0.25) is 0 Å². The first kappa shape index (κ1) is 12.9. The highest BCUT2D eigenvalue weighted by Crippen LogP contribution is 2.27. The third-order valence-electron chi connectivity index (χ3n) is 1.82. The Hall–Kier alpha value is -1.17. The fraction of sp³-hybridized carbons (Fsp3) is 0.333. The van der Waals surface area contributed by atoms with Crippen LogP contribution in [-0.4, -0.2) is 12.7 Å². The smallest absolute Gasteiger partial charge is 0.390 e. The van der Waals surface area contributed by atoms with Gasteiger partial charge < -0.3 is 11.1 Å². The lowest BCUT2D eigenvalue weighted by atomic mass is 10.2. The highest BCUT2D eigenvalue weighted by molar-refractivity contribution is 6.31. The fourth-order valence-corrected chi connectivity index (χ4v) is 1.22. The third kappa shape index (κ3) is 3.77. The molecule has 16 heavy (non-hydrogen) atoms. The summed E-state index contributed by atoms with van der Waals surface area (Å²) in [5.74, 6) is -0.708. The second kappa shape index (κ2) is 4.78. The molecule has 0 aliphatic rings. The first-order valence-corrected chi connectivity index (χ1v) is 4.72. The summed E-state index contributed by atoms with van der Waals surface area (Å²) in [6.45, 7) is -0.338. The van der Waals surface area contributed by atoms with Crippen molar-refractivity contribution in [2.75, 3.05) is 17.6 Å². The van der Waals surface area contributed by atoms with Gasteiger partial charge in [0.05, 0.1) is 22.8 Å². The van der Waals surface area contributed by atoms with Crippen LogP contribution in [0.15, 0.2) is 12.1 Å². The van der Waals surface area contributed by atoms with Gasteiger partial charge in [-0.2, -0.15) is 13.2 Å². The van der Waals surface area contributed by atoms with Gasteiger partial charge in [-0.05, 0) is 6.07 Å². The van der Waals surface area contributed by atoms with Gasteiger partial charge >= 0.3 is 6.18 Å². The molecule has 0 bridgehead atoms. The molecule has 7 heteroatoms. The van der Waals surface area contributed by atoms with Gasteiger partial charge in [-0.15, -0.1) is 0 Å². The van der Waals surface area contributed by atoms with Crippen molar-refractivity contribution in [1.29, 1.82) is 0 Å². The molecule has 0 spiro atoms. The third-order valence-corrected chi connectivity index (χ3v) is 2.11. The van der Waals surface area contributed by atoms with Crippen LogP contribution in [0.2, 0.25) is 5.02 Å². The maximum absolute atomic E-state index is 12.9. The van der Waals surface area contributed by atoms with Crippen LogP contribution in [0.5, 0.6) is 0 Å². The van der Waals surface area contributed by atoms with Crippen LogP contribution >= 0.6 is 11.6 Å². The predicted molar refractivity (Wildman–Crippen MR) is 55.0 cm³/mol. The number of hydrogen-bond acceptors (Lipinski definition) is 2. The molecule has 1 aromatic carbocycles. The second-order valence-electron chi connectivity index (χ2n) is 3.15. The van der Waals surface area contributed by atoms with Gasteiger partial charge in [0, 0.05) is 12.6 Å². The topological polar surface area (TPSA) is 38.0 Å². The summed E-state index contributed by atoms with van der Waals surface area (Å²) >= 11 is 5.46. The van der Waals surface area contributed by atoms with Gasteiger partial charge in [-0.25, -0.2) is 4.39 Å². The van der Waals surface area contributed by atoms with Crippen molar-refractivity contribution in [1.82, 2.24) is 0 Å². The van der Waals surface area contributed by atoms with Crippen molar-refractivity contribution in [2.45, 2.75) is 12.6 Å². The number of nitrogens with one attached hydrogen (secondary N) is 1. The van der Waals surface area contributed by atoms with Crippen molar-refractivity contribution in [3.63, 3.8) is 0 Å². The molecular weight excluding hydrogens is 248 g/mol. The number of benzene rings is 1. The number of alkyl halides is 3.